The smallest absolute Gasteiger partial charge is 0.176 e. The van der Waals surface area contributed by atoms with E-state index in [9.17, 15) is 4.79 Å². The Morgan fingerprint density at radius 3 is 2.75 bits per heavy atom. The van der Waals surface area contributed by atoms with Gasteiger partial charge in [0.15, 0.2) is 10.1 Å². The fourth-order valence-electron chi connectivity index (χ4n) is 1.75. The Kier molecular flexibility index (Phi) is 3.42. The van der Waals surface area contributed by atoms with Gasteiger partial charge < -0.3 is 0 Å². The molecule has 0 aliphatic heterocycles. The summed E-state index contributed by atoms with van der Waals surface area (Å²) in [4.78, 5) is 11.2. The minimum Gasteiger partial charge on any atom is -0.296 e. The van der Waals surface area contributed by atoms with E-state index in [1.54, 1.807) is 0 Å². The first kappa shape index (κ1) is 10.3. The molecule has 1 aliphatic rings. The highest BCUT2D eigenvalue weighted by Crippen LogP contribution is 2.39. The van der Waals surface area contributed by atoms with E-state index in [0.29, 0.717) is 18.8 Å². The van der Waals surface area contributed by atoms with E-state index in [0.717, 1.165) is 19.3 Å². The SMILES string of the molecule is CCCC1CCC(=O)C(Cl)(Cl)C1. The Bertz CT molecular complexity index is 177. The first-order chi connectivity index (χ1) is 5.56. The highest BCUT2D eigenvalue weighted by molar-refractivity contribution is 6.58. The summed E-state index contributed by atoms with van der Waals surface area (Å²) in [5, 5.41) is 0. The zero-order valence-corrected chi connectivity index (χ0v) is 8.79. The van der Waals surface area contributed by atoms with Gasteiger partial charge in [0.05, 0.1) is 0 Å². The first-order valence-electron chi connectivity index (χ1n) is 4.47. The molecule has 0 aromatic heterocycles. The lowest BCUT2D eigenvalue weighted by Crippen LogP contribution is -2.33. The normalized spacial score (nSPS) is 28.9. The fraction of sp³-hybridized carbons (Fsp3) is 0.889. The van der Waals surface area contributed by atoms with Gasteiger partial charge in [0.2, 0.25) is 0 Å². The molecule has 0 aromatic carbocycles. The van der Waals surface area contributed by atoms with Crippen LogP contribution < -0.4 is 0 Å². The standard InChI is InChI=1S/C9H14Cl2O/c1-2-3-7-4-5-8(12)9(10,11)6-7/h7H,2-6H2,1H3. The van der Waals surface area contributed by atoms with Crippen LogP contribution in [0, 0.1) is 5.92 Å². The van der Waals surface area contributed by atoms with Crippen molar-refractivity contribution < 1.29 is 4.79 Å². The summed E-state index contributed by atoms with van der Waals surface area (Å²) in [6, 6.07) is 0. The van der Waals surface area contributed by atoms with Gasteiger partial charge in [-0.05, 0) is 18.8 Å². The summed E-state index contributed by atoms with van der Waals surface area (Å²) in [5.41, 5.74) is 0. The number of carbonyl (C=O) groups is 1. The molecular weight excluding hydrogens is 195 g/mol. The van der Waals surface area contributed by atoms with Crippen molar-refractivity contribution in [2.45, 2.75) is 43.4 Å². The molecule has 0 bridgehead atoms. The first-order valence-corrected chi connectivity index (χ1v) is 5.23. The summed E-state index contributed by atoms with van der Waals surface area (Å²) in [7, 11) is 0. The predicted octanol–water partition coefficient (Wildman–Crippen LogP) is 3.33. The van der Waals surface area contributed by atoms with Gasteiger partial charge in [0.1, 0.15) is 0 Å². The Morgan fingerprint density at radius 1 is 1.58 bits per heavy atom. The van der Waals surface area contributed by atoms with Gasteiger partial charge >= 0.3 is 0 Å². The molecule has 1 aliphatic carbocycles. The van der Waals surface area contributed by atoms with E-state index >= 15 is 0 Å². The summed E-state index contributed by atoms with van der Waals surface area (Å²) in [5.74, 6) is 0.542. The molecule has 12 heavy (non-hydrogen) atoms. The van der Waals surface area contributed by atoms with E-state index in [-0.39, 0.29) is 5.78 Å². The van der Waals surface area contributed by atoms with Crippen LogP contribution in [0.5, 0.6) is 0 Å². The van der Waals surface area contributed by atoms with Gasteiger partial charge in [-0.25, -0.2) is 0 Å². The van der Waals surface area contributed by atoms with Crippen molar-refractivity contribution in [1.29, 1.82) is 0 Å². The second-order valence-corrected chi connectivity index (χ2v) is 5.01. The highest BCUT2D eigenvalue weighted by atomic mass is 35.5. The molecule has 0 radical (unpaired) electrons. The second kappa shape index (κ2) is 3.97. The Balaban J connectivity index is 2.51. The maximum atomic E-state index is 11.2. The highest BCUT2D eigenvalue weighted by Gasteiger charge is 2.39. The molecule has 0 heterocycles. The van der Waals surface area contributed by atoms with Crippen molar-refractivity contribution in [2.75, 3.05) is 0 Å². The topological polar surface area (TPSA) is 17.1 Å². The molecule has 0 amide bonds. The molecule has 0 N–H and O–H groups in total. The van der Waals surface area contributed by atoms with Crippen molar-refractivity contribution in [3.63, 3.8) is 0 Å². The Hall–Kier alpha value is 0.250. The lowest BCUT2D eigenvalue weighted by molar-refractivity contribution is -0.121. The third-order valence-corrected chi connectivity index (χ3v) is 3.16. The molecule has 3 heteroatoms. The number of hydrogen-bond acceptors (Lipinski definition) is 1. The summed E-state index contributed by atoms with van der Waals surface area (Å²) in [6.07, 6.45) is 4.44. The number of ketones is 1. The molecule has 1 unspecified atom stereocenters. The van der Waals surface area contributed by atoms with E-state index in [1.165, 1.54) is 0 Å². The second-order valence-electron chi connectivity index (χ2n) is 3.53. The molecule has 70 valence electrons. The zero-order chi connectivity index (χ0) is 9.19. The van der Waals surface area contributed by atoms with Crippen molar-refractivity contribution in [1.82, 2.24) is 0 Å². The summed E-state index contributed by atoms with van der Waals surface area (Å²) >= 11 is 11.7. The van der Waals surface area contributed by atoms with Crippen molar-refractivity contribution in [3.8, 4) is 0 Å². The maximum absolute atomic E-state index is 11.2. The summed E-state index contributed by atoms with van der Waals surface area (Å²) in [6.45, 7) is 2.14. The molecule has 1 atom stereocenters. The zero-order valence-electron chi connectivity index (χ0n) is 7.28. The third kappa shape index (κ3) is 2.37. The lowest BCUT2D eigenvalue weighted by Gasteiger charge is -2.29. The van der Waals surface area contributed by atoms with Crippen LogP contribution in [0.2, 0.25) is 0 Å². The van der Waals surface area contributed by atoms with E-state index in [1.807, 2.05) is 0 Å². The number of Topliss-reactive ketones (excluding diaryl/α,β-unsaturated/α-hetero) is 1. The van der Waals surface area contributed by atoms with Crippen LogP contribution in [-0.2, 0) is 4.79 Å². The van der Waals surface area contributed by atoms with Gasteiger partial charge in [0.25, 0.3) is 0 Å². The molecule has 1 nitrogen and oxygen atoms in total. The quantitative estimate of drug-likeness (QED) is 0.637. The van der Waals surface area contributed by atoms with Crippen LogP contribution in [0.1, 0.15) is 39.0 Å². The van der Waals surface area contributed by atoms with E-state index in [4.69, 9.17) is 23.2 Å². The van der Waals surface area contributed by atoms with Crippen LogP contribution in [0.3, 0.4) is 0 Å². The Labute approximate surface area is 83.4 Å². The van der Waals surface area contributed by atoms with Gasteiger partial charge in [-0.2, -0.15) is 0 Å². The predicted molar refractivity (Wildman–Crippen MR) is 51.7 cm³/mol. The molecule has 0 saturated heterocycles. The minimum absolute atomic E-state index is 0.00168. The largest absolute Gasteiger partial charge is 0.296 e. The van der Waals surface area contributed by atoms with Crippen LogP contribution in [0.25, 0.3) is 0 Å². The molecule has 1 rings (SSSR count). The number of rotatable bonds is 2. The number of halogens is 2. The maximum Gasteiger partial charge on any atom is 0.176 e. The fourth-order valence-corrected chi connectivity index (χ4v) is 2.38. The number of carbonyl (C=O) groups excluding carboxylic acids is 1. The number of alkyl halides is 2. The van der Waals surface area contributed by atoms with Crippen LogP contribution in [0.15, 0.2) is 0 Å². The van der Waals surface area contributed by atoms with Gasteiger partial charge in [-0.1, -0.05) is 43.0 Å². The number of hydrogen-bond donors (Lipinski definition) is 0. The van der Waals surface area contributed by atoms with Crippen LogP contribution in [-0.4, -0.2) is 10.1 Å². The van der Waals surface area contributed by atoms with E-state index in [2.05, 4.69) is 6.92 Å². The van der Waals surface area contributed by atoms with Gasteiger partial charge in [-0.15, -0.1) is 0 Å². The monoisotopic (exact) mass is 208 g/mol. The van der Waals surface area contributed by atoms with Crippen LogP contribution >= 0.6 is 23.2 Å². The van der Waals surface area contributed by atoms with Crippen molar-refractivity contribution in [3.05, 3.63) is 0 Å². The molecule has 0 spiro atoms. The van der Waals surface area contributed by atoms with Crippen molar-refractivity contribution >= 4 is 29.0 Å². The van der Waals surface area contributed by atoms with E-state index < -0.39 is 4.33 Å². The van der Waals surface area contributed by atoms with Crippen LogP contribution in [0.4, 0.5) is 0 Å². The Morgan fingerprint density at radius 2 is 2.25 bits per heavy atom. The average Bonchev–Trinajstić information content (AvgIpc) is 1.97. The van der Waals surface area contributed by atoms with Gasteiger partial charge in [-0.3, -0.25) is 4.79 Å². The molecule has 0 aromatic rings. The van der Waals surface area contributed by atoms with Crippen molar-refractivity contribution in [2.24, 2.45) is 5.92 Å². The summed E-state index contributed by atoms with van der Waals surface area (Å²) < 4.78 is -1.09. The average molecular weight is 209 g/mol. The minimum atomic E-state index is -1.09. The molecule has 1 saturated carbocycles. The third-order valence-electron chi connectivity index (χ3n) is 2.43. The molecule has 1 fully saturated rings. The lowest BCUT2D eigenvalue weighted by atomic mass is 9.85. The molecular formula is C9H14Cl2O. The van der Waals surface area contributed by atoms with Gasteiger partial charge in [0, 0.05) is 6.42 Å².